The first kappa shape index (κ1) is 25.0. The lowest BCUT2D eigenvalue weighted by atomic mass is 9.82. The predicted octanol–water partition coefficient (Wildman–Crippen LogP) is 7.59. The van der Waals surface area contributed by atoms with E-state index in [1.54, 1.807) is 38.1 Å². The van der Waals surface area contributed by atoms with Crippen molar-refractivity contribution in [2.24, 2.45) is 4.99 Å². The zero-order valence-corrected chi connectivity index (χ0v) is 22.5. The number of ether oxygens (including phenoxy) is 2. The van der Waals surface area contributed by atoms with E-state index in [0.29, 0.717) is 0 Å². The largest absolute Gasteiger partial charge is 0.497 e. The van der Waals surface area contributed by atoms with Crippen LogP contribution in [0.25, 0.3) is 11.8 Å². The summed E-state index contributed by atoms with van der Waals surface area (Å²) in [6.07, 6.45) is 5.13. The van der Waals surface area contributed by atoms with Crippen molar-refractivity contribution < 1.29 is 14.4 Å². The molecular weight excluding hydrogens is 510 g/mol. The summed E-state index contributed by atoms with van der Waals surface area (Å²) < 4.78 is 10.8. The van der Waals surface area contributed by atoms with Gasteiger partial charge in [-0.2, -0.15) is 0 Å². The lowest BCUT2D eigenvalue weighted by molar-refractivity contribution is -0.384. The van der Waals surface area contributed by atoms with E-state index in [4.69, 9.17) is 14.5 Å². The van der Waals surface area contributed by atoms with Crippen LogP contribution in [0, 0.1) is 10.1 Å². The van der Waals surface area contributed by atoms with E-state index in [2.05, 4.69) is 40.6 Å². The molecule has 6 rings (SSSR count). The van der Waals surface area contributed by atoms with E-state index in [9.17, 15) is 10.1 Å². The highest BCUT2D eigenvalue weighted by molar-refractivity contribution is 8.16. The van der Waals surface area contributed by atoms with Crippen LogP contribution < -0.4 is 9.47 Å². The van der Waals surface area contributed by atoms with Crippen LogP contribution in [0.5, 0.6) is 11.5 Å². The molecule has 1 atom stereocenters. The Morgan fingerprint density at radius 1 is 1.00 bits per heavy atom. The summed E-state index contributed by atoms with van der Waals surface area (Å²) in [6.45, 7) is 0. The summed E-state index contributed by atoms with van der Waals surface area (Å²) >= 11 is 1.56. The van der Waals surface area contributed by atoms with Gasteiger partial charge >= 0.3 is 0 Å². The van der Waals surface area contributed by atoms with Crippen molar-refractivity contribution >= 4 is 34.4 Å². The Morgan fingerprint density at radius 3 is 2.41 bits per heavy atom. The number of amidine groups is 1. The van der Waals surface area contributed by atoms with Crippen LogP contribution in [0.1, 0.15) is 42.0 Å². The highest BCUT2D eigenvalue weighted by Crippen LogP contribution is 2.51. The molecule has 196 valence electrons. The van der Waals surface area contributed by atoms with Gasteiger partial charge < -0.3 is 14.4 Å². The first-order valence-corrected chi connectivity index (χ1v) is 13.7. The van der Waals surface area contributed by atoms with E-state index in [1.807, 2.05) is 30.3 Å². The van der Waals surface area contributed by atoms with Crippen molar-refractivity contribution in [2.45, 2.75) is 25.3 Å². The molecule has 0 N–H and O–H groups in total. The number of aliphatic imine (C=N–C) groups is 1. The topological polar surface area (TPSA) is 77.2 Å². The zero-order valence-electron chi connectivity index (χ0n) is 21.7. The second kappa shape index (κ2) is 10.5. The highest BCUT2D eigenvalue weighted by atomic mass is 32.2. The molecule has 1 aliphatic carbocycles. The summed E-state index contributed by atoms with van der Waals surface area (Å²) in [4.78, 5) is 18.6. The van der Waals surface area contributed by atoms with Gasteiger partial charge in [0.1, 0.15) is 11.5 Å². The number of fused-ring (bicyclic) bond motifs is 1. The lowest BCUT2D eigenvalue weighted by Gasteiger charge is -2.40. The number of hydrogen-bond acceptors (Lipinski definition) is 7. The smallest absolute Gasteiger partial charge is 0.270 e. The van der Waals surface area contributed by atoms with Crippen LogP contribution in [0.15, 0.2) is 100 Å². The van der Waals surface area contributed by atoms with Gasteiger partial charge in [-0.05, 0) is 71.9 Å². The molecule has 3 aliphatic rings. The molecule has 0 saturated heterocycles. The normalized spacial score (nSPS) is 19.3. The number of non-ortho nitro benzene ring substituents is 1. The SMILES string of the molecule is COc1ccc(C=C2CCCC3=C2N=C2SC=C(c4cccc([N+](=O)[O-])c4)N2C3c2ccc(OC)cc2)cc1. The summed E-state index contributed by atoms with van der Waals surface area (Å²) in [7, 11) is 3.34. The van der Waals surface area contributed by atoms with Crippen LogP contribution in [0.4, 0.5) is 5.69 Å². The number of hydrogen-bond donors (Lipinski definition) is 0. The maximum Gasteiger partial charge on any atom is 0.270 e. The van der Waals surface area contributed by atoms with Gasteiger partial charge in [-0.15, -0.1) is 0 Å². The minimum Gasteiger partial charge on any atom is -0.497 e. The van der Waals surface area contributed by atoms with Crippen molar-refractivity contribution in [3.63, 3.8) is 0 Å². The number of nitro benzene ring substituents is 1. The number of nitro groups is 1. The molecule has 0 spiro atoms. The maximum absolute atomic E-state index is 11.5. The Hall–Kier alpha value is -4.30. The quantitative estimate of drug-likeness (QED) is 0.238. The van der Waals surface area contributed by atoms with Gasteiger partial charge in [-0.25, -0.2) is 4.99 Å². The Bertz CT molecular complexity index is 1560. The number of allylic oxidation sites excluding steroid dienone is 1. The van der Waals surface area contributed by atoms with Crippen molar-refractivity contribution in [1.29, 1.82) is 0 Å². The standard InChI is InChI=1S/C31H27N3O4S/c1-37-25-13-9-20(10-14-25)17-23-6-4-8-27-29(23)32-31-33(30(27)21-11-15-26(38-2)16-12-21)28(19-39-31)22-5-3-7-24(18-22)34(35)36/h3,5,7,9-19,30H,4,6,8H2,1-2H3. The molecule has 3 aromatic rings. The molecule has 0 fully saturated rings. The highest BCUT2D eigenvalue weighted by Gasteiger charge is 2.40. The van der Waals surface area contributed by atoms with Gasteiger partial charge in [0, 0.05) is 23.1 Å². The molecule has 0 saturated carbocycles. The van der Waals surface area contributed by atoms with E-state index < -0.39 is 0 Å². The Morgan fingerprint density at radius 2 is 1.72 bits per heavy atom. The number of methoxy groups -OCH3 is 2. The molecule has 2 heterocycles. The third-order valence-electron chi connectivity index (χ3n) is 7.28. The van der Waals surface area contributed by atoms with Crippen LogP contribution in [0.3, 0.4) is 0 Å². The van der Waals surface area contributed by atoms with Gasteiger partial charge in [0.2, 0.25) is 0 Å². The Kier molecular flexibility index (Phi) is 6.70. The van der Waals surface area contributed by atoms with Gasteiger partial charge in [-0.3, -0.25) is 10.1 Å². The summed E-state index contributed by atoms with van der Waals surface area (Å²) in [5.74, 6) is 1.63. The summed E-state index contributed by atoms with van der Waals surface area (Å²) in [5, 5.41) is 14.4. The average Bonchev–Trinajstić information content (AvgIpc) is 3.40. The number of rotatable bonds is 6. The number of thioether (sulfide) groups is 1. The Labute approximate surface area is 231 Å². The molecular formula is C31H27N3O4S. The van der Waals surface area contributed by atoms with Crippen LogP contribution in [-0.4, -0.2) is 29.2 Å². The fourth-order valence-corrected chi connectivity index (χ4v) is 6.32. The number of benzene rings is 3. The fourth-order valence-electron chi connectivity index (χ4n) is 5.39. The molecule has 7 nitrogen and oxygen atoms in total. The van der Waals surface area contributed by atoms with E-state index >= 15 is 0 Å². The molecule has 0 bridgehead atoms. The lowest BCUT2D eigenvalue weighted by Crippen LogP contribution is -2.34. The average molecular weight is 538 g/mol. The van der Waals surface area contributed by atoms with E-state index in [0.717, 1.165) is 64.0 Å². The first-order chi connectivity index (χ1) is 19.1. The van der Waals surface area contributed by atoms with Gasteiger partial charge in [0.25, 0.3) is 5.69 Å². The second-order valence-electron chi connectivity index (χ2n) is 9.54. The van der Waals surface area contributed by atoms with Crippen molar-refractivity contribution in [3.8, 4) is 11.5 Å². The van der Waals surface area contributed by atoms with Crippen LogP contribution in [0.2, 0.25) is 0 Å². The third kappa shape index (κ3) is 4.72. The van der Waals surface area contributed by atoms with Crippen LogP contribution in [-0.2, 0) is 0 Å². The molecule has 1 unspecified atom stereocenters. The summed E-state index contributed by atoms with van der Waals surface area (Å²) in [6, 6.07) is 23.0. The van der Waals surface area contributed by atoms with Gasteiger partial charge in [-0.1, -0.05) is 48.2 Å². The molecule has 3 aromatic carbocycles. The van der Waals surface area contributed by atoms with E-state index in [1.165, 1.54) is 17.2 Å². The molecule has 0 amide bonds. The fraction of sp³-hybridized carbons (Fsp3) is 0.194. The van der Waals surface area contributed by atoms with Crippen LogP contribution >= 0.6 is 11.8 Å². The first-order valence-electron chi connectivity index (χ1n) is 12.8. The minimum absolute atomic E-state index is 0.0732. The zero-order chi connectivity index (χ0) is 26.9. The maximum atomic E-state index is 11.5. The molecule has 2 aliphatic heterocycles. The molecule has 0 aromatic heterocycles. The van der Waals surface area contributed by atoms with Crippen molar-refractivity contribution in [3.05, 3.63) is 122 Å². The molecule has 0 radical (unpaired) electrons. The Balaban J connectivity index is 1.46. The monoisotopic (exact) mass is 537 g/mol. The minimum atomic E-state index is -0.351. The van der Waals surface area contributed by atoms with E-state index in [-0.39, 0.29) is 16.7 Å². The van der Waals surface area contributed by atoms with Crippen molar-refractivity contribution in [1.82, 2.24) is 4.90 Å². The third-order valence-corrected chi connectivity index (χ3v) is 8.12. The second-order valence-corrected chi connectivity index (χ2v) is 10.4. The van der Waals surface area contributed by atoms with Gasteiger partial charge in [0.15, 0.2) is 5.17 Å². The van der Waals surface area contributed by atoms with Gasteiger partial charge in [0.05, 0.1) is 36.6 Å². The molecule has 8 heteroatoms. The summed E-state index contributed by atoms with van der Waals surface area (Å²) in [5.41, 5.74) is 7.55. The van der Waals surface area contributed by atoms with Crippen molar-refractivity contribution in [2.75, 3.05) is 14.2 Å². The molecule has 39 heavy (non-hydrogen) atoms. The number of nitrogens with zero attached hydrogens (tertiary/aromatic N) is 3. The predicted molar refractivity (Wildman–Crippen MR) is 156 cm³/mol.